The average Bonchev–Trinajstić information content (AvgIpc) is 2.70. The van der Waals surface area contributed by atoms with Crippen LogP contribution in [0.1, 0.15) is 24.1 Å². The highest BCUT2D eigenvalue weighted by molar-refractivity contribution is 6.30. The second-order valence-corrected chi connectivity index (χ2v) is 7.84. The third kappa shape index (κ3) is 6.21. The van der Waals surface area contributed by atoms with Crippen molar-refractivity contribution in [2.24, 2.45) is 0 Å². The minimum Gasteiger partial charge on any atom is -0.331 e. The number of hydrogen-bond acceptors (Lipinski definition) is 3. The second kappa shape index (κ2) is 9.76. The van der Waals surface area contributed by atoms with Crippen molar-refractivity contribution in [2.75, 3.05) is 38.0 Å². The number of rotatable bonds is 5. The molecule has 1 fully saturated rings. The van der Waals surface area contributed by atoms with Crippen LogP contribution in [0.5, 0.6) is 0 Å². The van der Waals surface area contributed by atoms with Crippen molar-refractivity contribution in [3.05, 3.63) is 64.7 Å². The molecule has 7 heteroatoms. The molecule has 2 aromatic rings. The molecule has 154 valence electrons. The Bertz CT molecular complexity index is 848. The molecule has 0 bridgehead atoms. The maximum atomic E-state index is 12.5. The molecule has 0 saturated carbocycles. The van der Waals surface area contributed by atoms with Gasteiger partial charge in [-0.1, -0.05) is 41.4 Å². The number of anilines is 1. The average molecular weight is 415 g/mol. The lowest BCUT2D eigenvalue weighted by Crippen LogP contribution is -2.53. The third-order valence-electron chi connectivity index (χ3n) is 5.05. The van der Waals surface area contributed by atoms with Gasteiger partial charge in [0.1, 0.15) is 0 Å². The number of carbonyl (C=O) groups is 2. The Labute approximate surface area is 176 Å². The van der Waals surface area contributed by atoms with Crippen molar-refractivity contribution in [1.82, 2.24) is 15.1 Å². The molecule has 1 aliphatic heterocycles. The number of carbonyl (C=O) groups excluding carboxylic acids is 2. The molecule has 2 N–H and O–H groups in total. The maximum absolute atomic E-state index is 12.5. The van der Waals surface area contributed by atoms with E-state index in [0.29, 0.717) is 37.7 Å². The molecule has 0 radical (unpaired) electrons. The van der Waals surface area contributed by atoms with Crippen molar-refractivity contribution >= 4 is 29.2 Å². The molecule has 3 amide bonds. The third-order valence-corrected chi connectivity index (χ3v) is 5.29. The summed E-state index contributed by atoms with van der Waals surface area (Å²) in [5.41, 5.74) is 2.92. The highest BCUT2D eigenvalue weighted by Crippen LogP contribution is 2.18. The number of benzene rings is 2. The van der Waals surface area contributed by atoms with Gasteiger partial charge in [-0.15, -0.1) is 0 Å². The van der Waals surface area contributed by atoms with Crippen LogP contribution < -0.4 is 10.6 Å². The van der Waals surface area contributed by atoms with Gasteiger partial charge in [-0.3, -0.25) is 9.69 Å². The number of piperazine rings is 1. The Morgan fingerprint density at radius 2 is 1.76 bits per heavy atom. The summed E-state index contributed by atoms with van der Waals surface area (Å²) in [6, 6.07) is 15.0. The van der Waals surface area contributed by atoms with Crippen LogP contribution in [-0.2, 0) is 4.79 Å². The van der Waals surface area contributed by atoms with E-state index in [0.717, 1.165) is 16.8 Å². The molecule has 1 aliphatic rings. The van der Waals surface area contributed by atoms with Gasteiger partial charge in [-0.25, -0.2) is 4.79 Å². The lowest BCUT2D eigenvalue weighted by molar-refractivity contribution is -0.117. The summed E-state index contributed by atoms with van der Waals surface area (Å²) in [7, 11) is 0. The summed E-state index contributed by atoms with van der Waals surface area (Å²) in [6.45, 7) is 6.78. The van der Waals surface area contributed by atoms with Crippen LogP contribution in [0.2, 0.25) is 5.02 Å². The van der Waals surface area contributed by atoms with E-state index in [-0.39, 0.29) is 18.0 Å². The Balaban J connectivity index is 1.43. The zero-order valence-corrected chi connectivity index (χ0v) is 17.6. The minimum absolute atomic E-state index is 0.0404. The number of halogens is 1. The van der Waals surface area contributed by atoms with E-state index in [9.17, 15) is 9.59 Å². The smallest absolute Gasteiger partial charge is 0.317 e. The number of nitrogens with zero attached hydrogens (tertiary/aromatic N) is 2. The van der Waals surface area contributed by atoms with E-state index >= 15 is 0 Å². The van der Waals surface area contributed by atoms with Crippen molar-refractivity contribution < 1.29 is 9.59 Å². The summed E-state index contributed by atoms with van der Waals surface area (Å²) >= 11 is 6.03. The van der Waals surface area contributed by atoms with Gasteiger partial charge < -0.3 is 15.5 Å². The number of aryl methyl sites for hydroxylation is 1. The molecule has 1 saturated heterocycles. The lowest BCUT2D eigenvalue weighted by Gasteiger charge is -2.35. The van der Waals surface area contributed by atoms with Crippen molar-refractivity contribution in [2.45, 2.75) is 19.9 Å². The minimum atomic E-state index is -0.125. The van der Waals surface area contributed by atoms with E-state index in [4.69, 9.17) is 11.6 Å². The van der Waals surface area contributed by atoms with E-state index in [1.54, 1.807) is 4.90 Å². The molecule has 0 aliphatic carbocycles. The largest absolute Gasteiger partial charge is 0.331 e. The SMILES string of the molecule is Cc1ccc(NC(=O)CN2CCN(C(=O)N[C@H](C)c3cccc(Cl)c3)CC2)cc1. The molecule has 29 heavy (non-hydrogen) atoms. The first-order valence-corrected chi connectivity index (χ1v) is 10.2. The molecular formula is C22H27ClN4O2. The molecule has 0 unspecified atom stereocenters. The number of hydrogen-bond donors (Lipinski definition) is 2. The molecule has 0 aromatic heterocycles. The zero-order chi connectivity index (χ0) is 20.8. The zero-order valence-electron chi connectivity index (χ0n) is 16.8. The fraction of sp³-hybridized carbons (Fsp3) is 0.364. The van der Waals surface area contributed by atoms with E-state index in [1.807, 2.05) is 62.4 Å². The van der Waals surface area contributed by atoms with Crippen molar-refractivity contribution in [3.63, 3.8) is 0 Å². The lowest BCUT2D eigenvalue weighted by atomic mass is 10.1. The van der Waals surface area contributed by atoms with Gasteiger partial charge >= 0.3 is 6.03 Å². The first kappa shape index (κ1) is 21.1. The van der Waals surface area contributed by atoms with Crippen molar-refractivity contribution in [1.29, 1.82) is 0 Å². The summed E-state index contributed by atoms with van der Waals surface area (Å²) < 4.78 is 0. The number of nitrogens with one attached hydrogen (secondary N) is 2. The quantitative estimate of drug-likeness (QED) is 0.784. The van der Waals surface area contributed by atoms with Gasteiger partial charge in [0.25, 0.3) is 0 Å². The fourth-order valence-corrected chi connectivity index (χ4v) is 3.48. The predicted molar refractivity (Wildman–Crippen MR) is 116 cm³/mol. The Morgan fingerprint density at radius 3 is 2.41 bits per heavy atom. The summed E-state index contributed by atoms with van der Waals surface area (Å²) in [6.07, 6.45) is 0. The van der Waals surface area contributed by atoms with Gasteiger partial charge in [-0.05, 0) is 43.7 Å². The Morgan fingerprint density at radius 1 is 1.07 bits per heavy atom. The van der Waals surface area contributed by atoms with Crippen LogP contribution in [0.25, 0.3) is 0 Å². The first-order chi connectivity index (χ1) is 13.9. The van der Waals surface area contributed by atoms with Crippen LogP contribution in [0.4, 0.5) is 10.5 Å². The molecule has 2 aromatic carbocycles. The molecular weight excluding hydrogens is 388 g/mol. The van der Waals surface area contributed by atoms with Gasteiger partial charge in [-0.2, -0.15) is 0 Å². The van der Waals surface area contributed by atoms with E-state index in [2.05, 4.69) is 15.5 Å². The molecule has 6 nitrogen and oxygen atoms in total. The second-order valence-electron chi connectivity index (χ2n) is 7.40. The molecule has 0 spiro atoms. The Hall–Kier alpha value is -2.57. The molecule has 1 heterocycles. The predicted octanol–water partition coefficient (Wildman–Crippen LogP) is 3.68. The summed E-state index contributed by atoms with van der Waals surface area (Å²) in [5, 5.41) is 6.59. The van der Waals surface area contributed by atoms with Gasteiger partial charge in [0.15, 0.2) is 0 Å². The highest BCUT2D eigenvalue weighted by atomic mass is 35.5. The van der Waals surface area contributed by atoms with Crippen LogP contribution in [0, 0.1) is 6.92 Å². The van der Waals surface area contributed by atoms with E-state index < -0.39 is 0 Å². The number of urea groups is 1. The topological polar surface area (TPSA) is 64.7 Å². The van der Waals surface area contributed by atoms with Crippen LogP contribution in [-0.4, -0.2) is 54.5 Å². The van der Waals surface area contributed by atoms with Gasteiger partial charge in [0.2, 0.25) is 5.91 Å². The maximum Gasteiger partial charge on any atom is 0.317 e. The normalized spacial score (nSPS) is 15.6. The van der Waals surface area contributed by atoms with Gasteiger partial charge in [0, 0.05) is 36.9 Å². The Kier molecular flexibility index (Phi) is 7.12. The van der Waals surface area contributed by atoms with E-state index in [1.165, 1.54) is 0 Å². The van der Waals surface area contributed by atoms with Gasteiger partial charge in [0.05, 0.1) is 12.6 Å². The van der Waals surface area contributed by atoms with Crippen molar-refractivity contribution in [3.8, 4) is 0 Å². The summed E-state index contributed by atoms with van der Waals surface area (Å²) in [4.78, 5) is 28.7. The van der Waals surface area contributed by atoms with Crippen LogP contribution in [0.3, 0.4) is 0 Å². The number of amides is 3. The van der Waals surface area contributed by atoms with Crippen LogP contribution in [0.15, 0.2) is 48.5 Å². The standard InChI is InChI=1S/C22H27ClN4O2/c1-16-6-8-20(9-7-16)25-21(28)15-26-10-12-27(13-11-26)22(29)24-17(2)18-4-3-5-19(23)14-18/h3-9,14,17H,10-13,15H2,1-2H3,(H,24,29)(H,25,28)/t17-/m1/s1. The van der Waals surface area contributed by atoms with Crippen LogP contribution >= 0.6 is 11.6 Å². The molecule has 1 atom stereocenters. The fourth-order valence-electron chi connectivity index (χ4n) is 3.29. The summed E-state index contributed by atoms with van der Waals surface area (Å²) in [5.74, 6) is -0.0404. The monoisotopic (exact) mass is 414 g/mol. The first-order valence-electron chi connectivity index (χ1n) is 9.80. The molecule has 3 rings (SSSR count). The highest BCUT2D eigenvalue weighted by Gasteiger charge is 2.23.